The van der Waals surface area contributed by atoms with Gasteiger partial charge in [-0.1, -0.05) is 12.1 Å². The van der Waals surface area contributed by atoms with E-state index in [2.05, 4.69) is 4.99 Å². The fraction of sp³-hybridized carbons (Fsp3) is 0.125. The molecule has 15 heavy (non-hydrogen) atoms. The molecule has 0 amide bonds. The summed E-state index contributed by atoms with van der Waals surface area (Å²) in [6.07, 6.45) is 0. The van der Waals surface area contributed by atoms with Gasteiger partial charge in [-0.25, -0.2) is 4.99 Å². The number of alkyl halides is 1. The van der Waals surface area contributed by atoms with E-state index in [1.807, 2.05) is 0 Å². The zero-order chi connectivity index (χ0) is 11.5. The Bertz CT molecular complexity index is 484. The average molecular weight is 249 g/mol. The topological polar surface area (TPSA) is 92.8 Å². The van der Waals surface area contributed by atoms with Crippen LogP contribution in [0.4, 0.5) is 5.69 Å². The van der Waals surface area contributed by atoms with Crippen LogP contribution in [0, 0.1) is 0 Å². The summed E-state index contributed by atoms with van der Waals surface area (Å²) in [5.74, 6) is 0.0626. The van der Waals surface area contributed by atoms with E-state index in [4.69, 9.17) is 21.9 Å². The molecule has 0 aliphatic carbocycles. The fourth-order valence-corrected chi connectivity index (χ4v) is 1.64. The minimum atomic E-state index is -4.29. The summed E-state index contributed by atoms with van der Waals surface area (Å²) in [6.45, 7) is 0. The second kappa shape index (κ2) is 4.61. The molecule has 0 unspecified atom stereocenters. The fourth-order valence-electron chi connectivity index (χ4n) is 0.952. The lowest BCUT2D eigenvalue weighted by Gasteiger charge is -2.02. The second-order valence-corrected chi connectivity index (χ2v) is 4.34. The predicted octanol–water partition coefficient (Wildman–Crippen LogP) is 1.16. The van der Waals surface area contributed by atoms with Crippen molar-refractivity contribution >= 4 is 33.2 Å². The lowest BCUT2D eigenvalue weighted by Crippen LogP contribution is -2.12. The summed E-state index contributed by atoms with van der Waals surface area (Å²) in [5, 5.41) is 0. The highest BCUT2D eigenvalue weighted by atomic mass is 35.5. The first kappa shape index (κ1) is 12.0. The lowest BCUT2D eigenvalue weighted by molar-refractivity contribution is 0.483. The van der Waals surface area contributed by atoms with Gasteiger partial charge in [-0.15, -0.1) is 11.6 Å². The molecule has 1 aromatic carbocycles. The molecule has 0 fully saturated rings. The van der Waals surface area contributed by atoms with Crippen LogP contribution in [0.15, 0.2) is 34.2 Å². The van der Waals surface area contributed by atoms with Gasteiger partial charge < -0.3 is 5.73 Å². The first-order valence-electron chi connectivity index (χ1n) is 3.90. The normalized spacial score (nSPS) is 12.8. The number of amidine groups is 1. The van der Waals surface area contributed by atoms with E-state index in [0.717, 1.165) is 0 Å². The Morgan fingerprint density at radius 2 is 2.07 bits per heavy atom. The van der Waals surface area contributed by atoms with Crippen LogP contribution in [0.5, 0.6) is 0 Å². The molecule has 7 heteroatoms. The van der Waals surface area contributed by atoms with Crippen molar-refractivity contribution in [3.05, 3.63) is 24.3 Å². The van der Waals surface area contributed by atoms with Crippen LogP contribution in [-0.2, 0) is 10.1 Å². The van der Waals surface area contributed by atoms with Gasteiger partial charge in [0.15, 0.2) is 0 Å². The van der Waals surface area contributed by atoms with Gasteiger partial charge in [-0.05, 0) is 12.1 Å². The molecule has 0 spiro atoms. The molecule has 0 saturated carbocycles. The van der Waals surface area contributed by atoms with Gasteiger partial charge in [0.1, 0.15) is 10.7 Å². The summed E-state index contributed by atoms with van der Waals surface area (Å²) in [4.78, 5) is 3.47. The number of nitrogens with two attached hydrogens (primary N) is 1. The molecule has 5 nitrogen and oxygen atoms in total. The van der Waals surface area contributed by atoms with Gasteiger partial charge in [-0.2, -0.15) is 8.42 Å². The Morgan fingerprint density at radius 1 is 1.47 bits per heavy atom. The molecule has 0 bridgehead atoms. The number of nitrogens with zero attached hydrogens (tertiary/aromatic N) is 1. The Kier molecular flexibility index (Phi) is 3.67. The van der Waals surface area contributed by atoms with Gasteiger partial charge in [-0.3, -0.25) is 4.55 Å². The summed E-state index contributed by atoms with van der Waals surface area (Å²) in [6, 6.07) is 5.70. The van der Waals surface area contributed by atoms with E-state index >= 15 is 0 Å². The molecule has 0 heterocycles. The number of halogens is 1. The first-order valence-corrected chi connectivity index (χ1v) is 5.88. The molecule has 1 aromatic rings. The van der Waals surface area contributed by atoms with Crippen LogP contribution in [0.25, 0.3) is 0 Å². The van der Waals surface area contributed by atoms with Gasteiger partial charge in [0.05, 0.1) is 11.6 Å². The van der Waals surface area contributed by atoms with E-state index in [1.54, 1.807) is 6.07 Å². The minimum Gasteiger partial charge on any atom is -0.386 e. The summed E-state index contributed by atoms with van der Waals surface area (Å²) in [5.41, 5.74) is 5.43. The van der Waals surface area contributed by atoms with Crippen molar-refractivity contribution in [2.45, 2.75) is 4.90 Å². The van der Waals surface area contributed by atoms with Crippen molar-refractivity contribution in [3.63, 3.8) is 0 Å². The van der Waals surface area contributed by atoms with Crippen LogP contribution in [-0.4, -0.2) is 24.7 Å². The Hall–Kier alpha value is -1.11. The van der Waals surface area contributed by atoms with Gasteiger partial charge in [0, 0.05) is 0 Å². The number of rotatable bonds is 3. The van der Waals surface area contributed by atoms with Crippen molar-refractivity contribution in [1.82, 2.24) is 0 Å². The van der Waals surface area contributed by atoms with Crippen LogP contribution in [0.1, 0.15) is 0 Å². The molecule has 0 saturated heterocycles. The van der Waals surface area contributed by atoms with Crippen LogP contribution < -0.4 is 5.73 Å². The number of benzene rings is 1. The summed E-state index contributed by atoms with van der Waals surface area (Å²) < 4.78 is 30.8. The SMILES string of the molecule is NC(CCl)=Nc1ccccc1S(=O)(=O)O. The van der Waals surface area contributed by atoms with Crippen molar-refractivity contribution < 1.29 is 13.0 Å². The third-order valence-corrected chi connectivity index (χ3v) is 2.72. The largest absolute Gasteiger partial charge is 0.386 e. The quantitative estimate of drug-likeness (QED) is 0.363. The molecular formula is C8H9ClN2O3S. The maximum absolute atomic E-state index is 10.9. The maximum atomic E-state index is 10.9. The molecule has 3 N–H and O–H groups in total. The predicted molar refractivity (Wildman–Crippen MR) is 58.3 cm³/mol. The maximum Gasteiger partial charge on any atom is 0.296 e. The lowest BCUT2D eigenvalue weighted by atomic mass is 10.3. The third kappa shape index (κ3) is 3.19. The van der Waals surface area contributed by atoms with Gasteiger partial charge in [0.2, 0.25) is 0 Å². The Labute approximate surface area is 92.3 Å². The molecule has 0 aromatic heterocycles. The highest BCUT2D eigenvalue weighted by molar-refractivity contribution is 7.86. The van der Waals surface area contributed by atoms with Crippen LogP contribution in [0.2, 0.25) is 0 Å². The Balaban J connectivity index is 3.31. The Morgan fingerprint density at radius 3 is 2.60 bits per heavy atom. The van der Waals surface area contributed by atoms with Crippen molar-refractivity contribution in [3.8, 4) is 0 Å². The standard InChI is InChI=1S/C8H9ClN2O3S/c9-5-8(10)11-6-3-1-2-4-7(6)15(12,13)14/h1-4H,5H2,(H2,10,11)(H,12,13,14). The highest BCUT2D eigenvalue weighted by Gasteiger charge is 2.14. The zero-order valence-electron chi connectivity index (χ0n) is 7.59. The number of hydrogen-bond acceptors (Lipinski definition) is 3. The first-order chi connectivity index (χ1) is 6.95. The number of para-hydroxylation sites is 1. The van der Waals surface area contributed by atoms with Crippen LogP contribution in [0.3, 0.4) is 0 Å². The molecule has 0 atom stereocenters. The molecule has 0 radical (unpaired) electrons. The monoisotopic (exact) mass is 248 g/mol. The second-order valence-electron chi connectivity index (χ2n) is 2.68. The van der Waals surface area contributed by atoms with E-state index in [-0.39, 0.29) is 22.3 Å². The van der Waals surface area contributed by atoms with E-state index in [9.17, 15) is 8.42 Å². The van der Waals surface area contributed by atoms with Gasteiger partial charge >= 0.3 is 0 Å². The van der Waals surface area contributed by atoms with Crippen molar-refractivity contribution in [1.29, 1.82) is 0 Å². The molecule has 0 aliphatic rings. The average Bonchev–Trinajstić information content (AvgIpc) is 2.17. The highest BCUT2D eigenvalue weighted by Crippen LogP contribution is 2.23. The molecule has 0 aliphatic heterocycles. The van der Waals surface area contributed by atoms with Crippen molar-refractivity contribution in [2.75, 3.05) is 5.88 Å². The zero-order valence-corrected chi connectivity index (χ0v) is 9.16. The number of hydrogen-bond donors (Lipinski definition) is 2. The smallest absolute Gasteiger partial charge is 0.296 e. The summed E-state index contributed by atoms with van der Waals surface area (Å²) in [7, 11) is -4.29. The van der Waals surface area contributed by atoms with Crippen molar-refractivity contribution in [2.24, 2.45) is 10.7 Å². The van der Waals surface area contributed by atoms with E-state index in [0.29, 0.717) is 0 Å². The minimum absolute atomic E-state index is 0.0141. The van der Waals surface area contributed by atoms with Crippen LogP contribution >= 0.6 is 11.6 Å². The van der Waals surface area contributed by atoms with E-state index in [1.165, 1.54) is 18.2 Å². The molecule has 82 valence electrons. The molecule has 1 rings (SSSR count). The molecular weight excluding hydrogens is 240 g/mol. The van der Waals surface area contributed by atoms with E-state index < -0.39 is 10.1 Å². The number of aliphatic imine (C=N–C) groups is 1. The third-order valence-electron chi connectivity index (χ3n) is 1.54. The van der Waals surface area contributed by atoms with Gasteiger partial charge in [0.25, 0.3) is 10.1 Å². The summed E-state index contributed by atoms with van der Waals surface area (Å²) >= 11 is 5.40.